The summed E-state index contributed by atoms with van der Waals surface area (Å²) in [5, 5.41) is 31.8. The summed E-state index contributed by atoms with van der Waals surface area (Å²) in [7, 11) is 0. The molecule has 23 heavy (non-hydrogen) atoms. The number of aliphatic hydroxyl groups is 3. The average molecular weight is 325 g/mol. The van der Waals surface area contributed by atoms with Gasteiger partial charge in [-0.15, -0.1) is 0 Å². The summed E-state index contributed by atoms with van der Waals surface area (Å²) in [5.41, 5.74) is 1.08. The maximum Gasteiger partial charge on any atom is 0.217 e. The Labute approximate surface area is 134 Å². The molecular formula is C16H23NO6. The van der Waals surface area contributed by atoms with Crippen molar-refractivity contribution in [2.24, 2.45) is 0 Å². The second-order valence-electron chi connectivity index (χ2n) is 5.54. The highest BCUT2D eigenvalue weighted by Crippen LogP contribution is 2.22. The average Bonchev–Trinajstić information content (AvgIpc) is 2.54. The maximum atomic E-state index is 11.3. The molecule has 1 amide bonds. The summed E-state index contributed by atoms with van der Waals surface area (Å²) in [5.74, 6) is -0.371. The van der Waals surface area contributed by atoms with Crippen molar-refractivity contribution in [3.05, 3.63) is 35.9 Å². The van der Waals surface area contributed by atoms with E-state index in [1.165, 1.54) is 6.92 Å². The molecule has 0 bridgehead atoms. The molecule has 1 aliphatic heterocycles. The second-order valence-corrected chi connectivity index (χ2v) is 5.54. The minimum Gasteiger partial charge on any atom is -0.394 e. The summed E-state index contributed by atoms with van der Waals surface area (Å²) >= 11 is 0. The lowest BCUT2D eigenvalue weighted by molar-refractivity contribution is -0.269. The largest absolute Gasteiger partial charge is 0.394 e. The van der Waals surface area contributed by atoms with Gasteiger partial charge in [-0.25, -0.2) is 0 Å². The molecule has 7 heteroatoms. The van der Waals surface area contributed by atoms with Gasteiger partial charge in [-0.3, -0.25) is 4.79 Å². The second kappa shape index (κ2) is 8.37. The summed E-state index contributed by atoms with van der Waals surface area (Å²) in [6, 6.07) is 8.80. The lowest BCUT2D eigenvalue weighted by Crippen LogP contribution is -2.64. The predicted molar refractivity (Wildman–Crippen MR) is 81.5 cm³/mol. The van der Waals surface area contributed by atoms with Crippen LogP contribution in [0.4, 0.5) is 0 Å². The Morgan fingerprint density at radius 2 is 1.96 bits per heavy atom. The Morgan fingerprint density at radius 1 is 1.26 bits per heavy atom. The number of rotatable bonds is 6. The first-order valence-electron chi connectivity index (χ1n) is 7.58. The van der Waals surface area contributed by atoms with Crippen molar-refractivity contribution in [2.75, 3.05) is 13.2 Å². The normalized spacial score (nSPS) is 30.9. The van der Waals surface area contributed by atoms with Crippen molar-refractivity contribution in [3.8, 4) is 0 Å². The molecule has 1 fully saturated rings. The van der Waals surface area contributed by atoms with E-state index in [1.54, 1.807) is 0 Å². The van der Waals surface area contributed by atoms with Gasteiger partial charge in [0.25, 0.3) is 0 Å². The molecule has 7 nitrogen and oxygen atoms in total. The summed E-state index contributed by atoms with van der Waals surface area (Å²) < 4.78 is 11.1. The molecule has 1 saturated heterocycles. The van der Waals surface area contributed by atoms with Crippen LogP contribution in [-0.2, 0) is 20.7 Å². The van der Waals surface area contributed by atoms with E-state index < -0.39 is 37.3 Å². The number of benzene rings is 1. The highest BCUT2D eigenvalue weighted by Gasteiger charge is 2.45. The van der Waals surface area contributed by atoms with Gasteiger partial charge < -0.3 is 30.1 Å². The third kappa shape index (κ3) is 4.73. The molecule has 0 radical (unpaired) electrons. The zero-order valence-corrected chi connectivity index (χ0v) is 13.0. The monoisotopic (exact) mass is 325 g/mol. The van der Waals surface area contributed by atoms with Crippen LogP contribution in [0.5, 0.6) is 0 Å². The van der Waals surface area contributed by atoms with Gasteiger partial charge in [-0.2, -0.15) is 0 Å². The zero-order valence-electron chi connectivity index (χ0n) is 13.0. The first-order valence-corrected chi connectivity index (χ1v) is 7.58. The van der Waals surface area contributed by atoms with Gasteiger partial charge in [-0.1, -0.05) is 30.3 Å². The molecule has 5 atom stereocenters. The lowest BCUT2D eigenvalue weighted by Gasteiger charge is -2.42. The predicted octanol–water partition coefficient (Wildman–Crippen LogP) is -0.811. The van der Waals surface area contributed by atoms with Crippen LogP contribution in [0, 0.1) is 0 Å². The minimum atomic E-state index is -1.30. The van der Waals surface area contributed by atoms with Gasteiger partial charge >= 0.3 is 0 Å². The number of carbonyl (C=O) groups is 1. The fourth-order valence-electron chi connectivity index (χ4n) is 2.55. The third-order valence-electron chi connectivity index (χ3n) is 3.77. The van der Waals surface area contributed by atoms with Crippen LogP contribution >= 0.6 is 0 Å². The Morgan fingerprint density at radius 3 is 2.57 bits per heavy atom. The molecule has 1 heterocycles. The fraction of sp³-hybridized carbons (Fsp3) is 0.562. The number of amides is 1. The quantitative estimate of drug-likeness (QED) is 0.545. The molecule has 2 rings (SSSR count). The lowest BCUT2D eigenvalue weighted by atomic mass is 9.97. The van der Waals surface area contributed by atoms with Crippen LogP contribution in [0.1, 0.15) is 12.5 Å². The van der Waals surface area contributed by atoms with E-state index in [0.717, 1.165) is 5.56 Å². The first-order chi connectivity index (χ1) is 11.0. The third-order valence-corrected chi connectivity index (χ3v) is 3.77. The Kier molecular flexibility index (Phi) is 6.49. The van der Waals surface area contributed by atoms with Gasteiger partial charge in [0.2, 0.25) is 5.91 Å². The molecular weight excluding hydrogens is 302 g/mol. The first kappa shape index (κ1) is 17.8. The number of nitrogens with one attached hydrogen (secondary N) is 1. The van der Waals surface area contributed by atoms with Crippen molar-refractivity contribution in [1.82, 2.24) is 5.32 Å². The molecule has 0 aromatic heterocycles. The van der Waals surface area contributed by atoms with E-state index in [1.807, 2.05) is 30.3 Å². The Hall–Kier alpha value is -1.51. The molecule has 0 aliphatic carbocycles. The van der Waals surface area contributed by atoms with Crippen molar-refractivity contribution < 1.29 is 29.6 Å². The topological polar surface area (TPSA) is 108 Å². The number of aliphatic hydroxyl groups excluding tert-OH is 3. The van der Waals surface area contributed by atoms with Crippen molar-refractivity contribution in [2.45, 2.75) is 44.0 Å². The Bertz CT molecular complexity index is 497. The number of hydrogen-bond acceptors (Lipinski definition) is 6. The molecule has 1 aromatic rings. The van der Waals surface area contributed by atoms with Crippen LogP contribution in [0.15, 0.2) is 30.3 Å². The highest BCUT2D eigenvalue weighted by atomic mass is 16.7. The summed E-state index contributed by atoms with van der Waals surface area (Å²) in [6.45, 7) is 1.16. The smallest absolute Gasteiger partial charge is 0.217 e. The fourth-order valence-corrected chi connectivity index (χ4v) is 2.55. The SMILES string of the molecule is CC(=O)N[C@H]1[C@@H](OCCc2ccccc2)O[C@@H](CO)[C@@H](O)[C@@H]1O. The van der Waals surface area contributed by atoms with Crippen LogP contribution in [0.25, 0.3) is 0 Å². The Balaban J connectivity index is 1.98. The van der Waals surface area contributed by atoms with Crippen LogP contribution in [0.3, 0.4) is 0 Å². The van der Waals surface area contributed by atoms with Crippen molar-refractivity contribution in [1.29, 1.82) is 0 Å². The van der Waals surface area contributed by atoms with Crippen molar-refractivity contribution >= 4 is 5.91 Å². The number of hydrogen-bond donors (Lipinski definition) is 4. The molecule has 4 N–H and O–H groups in total. The van der Waals surface area contributed by atoms with E-state index in [-0.39, 0.29) is 5.91 Å². The number of ether oxygens (including phenoxy) is 2. The summed E-state index contributed by atoms with van der Waals surface area (Å²) in [4.78, 5) is 11.3. The van der Waals surface area contributed by atoms with Gasteiger partial charge in [0.1, 0.15) is 24.4 Å². The van der Waals surface area contributed by atoms with Gasteiger partial charge in [-0.05, 0) is 12.0 Å². The van der Waals surface area contributed by atoms with E-state index in [9.17, 15) is 20.1 Å². The molecule has 1 aliphatic rings. The highest BCUT2D eigenvalue weighted by molar-refractivity contribution is 5.73. The van der Waals surface area contributed by atoms with Crippen LogP contribution in [-0.4, -0.2) is 65.1 Å². The van der Waals surface area contributed by atoms with Crippen LogP contribution < -0.4 is 5.32 Å². The van der Waals surface area contributed by atoms with Gasteiger partial charge in [0.15, 0.2) is 6.29 Å². The molecule has 1 aromatic carbocycles. The number of carbonyl (C=O) groups excluding carboxylic acids is 1. The van der Waals surface area contributed by atoms with Gasteiger partial charge in [0.05, 0.1) is 13.2 Å². The minimum absolute atomic E-state index is 0.311. The van der Waals surface area contributed by atoms with E-state index >= 15 is 0 Å². The molecule has 128 valence electrons. The summed E-state index contributed by atoms with van der Waals surface area (Å²) in [6.07, 6.45) is -3.86. The van der Waals surface area contributed by atoms with E-state index in [0.29, 0.717) is 13.0 Å². The molecule has 0 unspecified atom stereocenters. The molecule has 0 saturated carbocycles. The molecule has 0 spiro atoms. The van der Waals surface area contributed by atoms with Crippen molar-refractivity contribution in [3.63, 3.8) is 0 Å². The zero-order chi connectivity index (χ0) is 16.8. The van der Waals surface area contributed by atoms with E-state index in [4.69, 9.17) is 9.47 Å². The standard InChI is InChI=1S/C16H23NO6/c1-10(19)17-13-15(21)14(20)12(9-18)23-16(13)22-8-7-11-5-3-2-4-6-11/h2-6,12-16,18,20-21H,7-9H2,1H3,(H,17,19)/t12-,13+,14+,15+,16-/m0/s1. The van der Waals surface area contributed by atoms with Crippen LogP contribution in [0.2, 0.25) is 0 Å². The van der Waals surface area contributed by atoms with Gasteiger partial charge in [0, 0.05) is 6.92 Å². The van der Waals surface area contributed by atoms with E-state index in [2.05, 4.69) is 5.32 Å². The maximum absolute atomic E-state index is 11.3.